The summed E-state index contributed by atoms with van der Waals surface area (Å²) in [6.45, 7) is 4.84. The number of rotatable bonds is 3. The summed E-state index contributed by atoms with van der Waals surface area (Å²) >= 11 is 3.67. The van der Waals surface area contributed by atoms with Crippen molar-refractivity contribution >= 4 is 15.9 Å². The van der Waals surface area contributed by atoms with Gasteiger partial charge in [-0.25, -0.2) is 0 Å². The monoisotopic (exact) mass is 353 g/mol. The maximum atomic E-state index is 6.01. The predicted octanol–water partition coefficient (Wildman–Crippen LogP) is 3.86. The molecule has 1 atom stereocenters. The maximum absolute atomic E-state index is 6.01. The van der Waals surface area contributed by atoms with Gasteiger partial charge in [0.15, 0.2) is 11.5 Å². The molecule has 1 saturated heterocycles. The van der Waals surface area contributed by atoms with E-state index in [9.17, 15) is 0 Å². The summed E-state index contributed by atoms with van der Waals surface area (Å²) in [4.78, 5) is 0. The Balaban J connectivity index is 1.92. The Morgan fingerprint density at radius 2 is 2.00 bits per heavy atom. The van der Waals surface area contributed by atoms with Crippen molar-refractivity contribution in [3.63, 3.8) is 0 Å². The topological polar surface area (TPSA) is 30.5 Å². The third-order valence-corrected chi connectivity index (χ3v) is 4.99. The summed E-state index contributed by atoms with van der Waals surface area (Å²) in [5.74, 6) is 1.86. The molecule has 2 aliphatic heterocycles. The Kier molecular flexibility index (Phi) is 5.07. The number of ether oxygens (including phenoxy) is 2. The van der Waals surface area contributed by atoms with Gasteiger partial charge in [0, 0.05) is 18.0 Å². The smallest absolute Gasteiger partial charge is 0.175 e. The molecule has 116 valence electrons. The van der Waals surface area contributed by atoms with Crippen LogP contribution in [0.4, 0.5) is 0 Å². The van der Waals surface area contributed by atoms with Crippen molar-refractivity contribution in [1.82, 2.24) is 5.32 Å². The summed E-state index contributed by atoms with van der Waals surface area (Å²) in [5.41, 5.74) is 2.72. The van der Waals surface area contributed by atoms with Crippen LogP contribution in [0.5, 0.6) is 11.5 Å². The molecule has 1 N–H and O–H groups in total. The summed E-state index contributed by atoms with van der Waals surface area (Å²) in [7, 11) is 0. The second-order valence-electron chi connectivity index (χ2n) is 5.91. The highest BCUT2D eigenvalue weighted by Crippen LogP contribution is 2.42. The highest BCUT2D eigenvalue weighted by atomic mass is 79.9. The van der Waals surface area contributed by atoms with E-state index in [4.69, 9.17) is 9.47 Å². The van der Waals surface area contributed by atoms with Gasteiger partial charge in [0.2, 0.25) is 0 Å². The first-order valence-electron chi connectivity index (χ1n) is 8.12. The van der Waals surface area contributed by atoms with Gasteiger partial charge in [0.25, 0.3) is 0 Å². The van der Waals surface area contributed by atoms with Crippen molar-refractivity contribution in [1.29, 1.82) is 0 Å². The van der Waals surface area contributed by atoms with Crippen LogP contribution < -0.4 is 14.8 Å². The molecular formula is C17H24BrNO2. The molecule has 3 nitrogen and oxygen atoms in total. The van der Waals surface area contributed by atoms with Crippen LogP contribution in [0, 0.1) is 0 Å². The molecular weight excluding hydrogens is 330 g/mol. The molecule has 1 aromatic carbocycles. The Morgan fingerprint density at radius 1 is 1.19 bits per heavy atom. The van der Waals surface area contributed by atoms with Crippen LogP contribution >= 0.6 is 15.9 Å². The first-order chi connectivity index (χ1) is 10.3. The maximum Gasteiger partial charge on any atom is 0.175 e. The van der Waals surface area contributed by atoms with Crippen molar-refractivity contribution in [2.45, 2.75) is 51.5 Å². The second-order valence-corrected chi connectivity index (χ2v) is 6.76. The first kappa shape index (κ1) is 15.2. The van der Waals surface area contributed by atoms with E-state index < -0.39 is 0 Å². The van der Waals surface area contributed by atoms with E-state index in [1.165, 1.54) is 30.4 Å². The van der Waals surface area contributed by atoms with Gasteiger partial charge in [-0.2, -0.15) is 0 Å². The molecule has 1 aromatic rings. The van der Waals surface area contributed by atoms with Crippen LogP contribution in [0.2, 0.25) is 0 Å². The molecule has 2 heterocycles. The molecule has 0 saturated carbocycles. The van der Waals surface area contributed by atoms with E-state index in [-0.39, 0.29) is 0 Å². The molecule has 4 heteroatoms. The number of nitrogens with one attached hydrogen (secondary N) is 1. The molecule has 1 unspecified atom stereocenters. The third kappa shape index (κ3) is 3.37. The second kappa shape index (κ2) is 7.01. The Morgan fingerprint density at radius 3 is 2.71 bits per heavy atom. The SMILES string of the molecule is CCc1c(CC2CCCCN2)cc(Br)c2c1OCCCO2. The average molecular weight is 354 g/mol. The Labute approximate surface area is 135 Å². The van der Waals surface area contributed by atoms with Gasteiger partial charge in [0.1, 0.15) is 0 Å². The minimum atomic E-state index is 0.598. The van der Waals surface area contributed by atoms with Crippen molar-refractivity contribution in [2.24, 2.45) is 0 Å². The van der Waals surface area contributed by atoms with E-state index in [1.807, 2.05) is 0 Å². The van der Waals surface area contributed by atoms with Crippen molar-refractivity contribution < 1.29 is 9.47 Å². The fourth-order valence-electron chi connectivity index (χ4n) is 3.32. The summed E-state index contributed by atoms with van der Waals surface area (Å²) < 4.78 is 12.9. The molecule has 1 fully saturated rings. The van der Waals surface area contributed by atoms with E-state index in [0.29, 0.717) is 6.04 Å². The van der Waals surface area contributed by atoms with Crippen LogP contribution in [0.3, 0.4) is 0 Å². The fraction of sp³-hybridized carbons (Fsp3) is 0.647. The van der Waals surface area contributed by atoms with Gasteiger partial charge >= 0.3 is 0 Å². The molecule has 3 rings (SSSR count). The van der Waals surface area contributed by atoms with Crippen molar-refractivity contribution in [3.05, 3.63) is 21.7 Å². The van der Waals surface area contributed by atoms with Gasteiger partial charge in [0.05, 0.1) is 17.7 Å². The van der Waals surface area contributed by atoms with Gasteiger partial charge < -0.3 is 14.8 Å². The lowest BCUT2D eigenvalue weighted by molar-refractivity contribution is 0.295. The van der Waals surface area contributed by atoms with Crippen LogP contribution in [-0.2, 0) is 12.8 Å². The normalized spacial score (nSPS) is 21.9. The summed E-state index contributed by atoms with van der Waals surface area (Å²) in [6, 6.07) is 2.84. The first-order valence-corrected chi connectivity index (χ1v) is 8.92. The van der Waals surface area contributed by atoms with E-state index in [0.717, 1.165) is 55.0 Å². The minimum absolute atomic E-state index is 0.598. The lowest BCUT2D eigenvalue weighted by atomic mass is 9.93. The highest BCUT2D eigenvalue weighted by molar-refractivity contribution is 9.10. The molecule has 0 aromatic heterocycles. The van der Waals surface area contributed by atoms with Crippen LogP contribution in [0.1, 0.15) is 43.7 Å². The largest absolute Gasteiger partial charge is 0.489 e. The van der Waals surface area contributed by atoms with Gasteiger partial charge in [-0.3, -0.25) is 0 Å². The Bertz CT molecular complexity index is 498. The quantitative estimate of drug-likeness (QED) is 0.894. The standard InChI is InChI=1S/C17H24BrNO2/c1-2-14-12(10-13-6-3-4-7-19-13)11-15(18)17-16(14)20-8-5-9-21-17/h11,13,19H,2-10H2,1H3. The van der Waals surface area contributed by atoms with Crippen LogP contribution in [-0.4, -0.2) is 25.8 Å². The average Bonchev–Trinajstić information content (AvgIpc) is 2.75. The van der Waals surface area contributed by atoms with Gasteiger partial charge in [-0.1, -0.05) is 13.3 Å². The minimum Gasteiger partial charge on any atom is -0.489 e. The molecule has 21 heavy (non-hydrogen) atoms. The van der Waals surface area contributed by atoms with Crippen LogP contribution in [0.25, 0.3) is 0 Å². The fourth-order valence-corrected chi connectivity index (χ4v) is 3.90. The number of benzene rings is 1. The van der Waals surface area contributed by atoms with Crippen molar-refractivity contribution in [2.75, 3.05) is 19.8 Å². The predicted molar refractivity (Wildman–Crippen MR) is 88.5 cm³/mol. The summed E-state index contributed by atoms with van der Waals surface area (Å²) in [6.07, 6.45) is 6.94. The van der Waals surface area contributed by atoms with Gasteiger partial charge in [-0.15, -0.1) is 0 Å². The van der Waals surface area contributed by atoms with Crippen molar-refractivity contribution in [3.8, 4) is 11.5 Å². The number of halogens is 1. The van der Waals surface area contributed by atoms with E-state index >= 15 is 0 Å². The zero-order valence-corrected chi connectivity index (χ0v) is 14.3. The zero-order valence-electron chi connectivity index (χ0n) is 12.7. The third-order valence-electron chi connectivity index (χ3n) is 4.40. The van der Waals surface area contributed by atoms with E-state index in [2.05, 4.69) is 34.2 Å². The van der Waals surface area contributed by atoms with Crippen LogP contribution in [0.15, 0.2) is 10.5 Å². The molecule has 2 aliphatic rings. The molecule has 0 amide bonds. The molecule has 0 aliphatic carbocycles. The number of hydrogen-bond acceptors (Lipinski definition) is 3. The number of fused-ring (bicyclic) bond motifs is 1. The number of piperidine rings is 1. The zero-order chi connectivity index (χ0) is 14.7. The Hall–Kier alpha value is -0.740. The highest BCUT2D eigenvalue weighted by Gasteiger charge is 2.23. The summed E-state index contributed by atoms with van der Waals surface area (Å²) in [5, 5.41) is 3.64. The molecule has 0 spiro atoms. The van der Waals surface area contributed by atoms with Gasteiger partial charge in [-0.05, 0) is 59.8 Å². The lowest BCUT2D eigenvalue weighted by Gasteiger charge is -2.25. The number of hydrogen-bond donors (Lipinski definition) is 1. The van der Waals surface area contributed by atoms with E-state index in [1.54, 1.807) is 0 Å². The molecule has 0 radical (unpaired) electrons. The lowest BCUT2D eigenvalue weighted by Crippen LogP contribution is -2.35. The molecule has 0 bridgehead atoms.